The van der Waals surface area contributed by atoms with E-state index in [0.717, 1.165) is 12.8 Å². The van der Waals surface area contributed by atoms with Crippen LogP contribution in [0.1, 0.15) is 59.9 Å². The topological polar surface area (TPSA) is 18.5 Å². The molecule has 0 unspecified atom stereocenters. The molecule has 3 heteroatoms. The van der Waals surface area contributed by atoms with Gasteiger partial charge in [0.1, 0.15) is 0 Å². The summed E-state index contributed by atoms with van der Waals surface area (Å²) >= 11 is 0. The van der Waals surface area contributed by atoms with Gasteiger partial charge in [0.25, 0.3) is 0 Å². The Morgan fingerprint density at radius 3 is 1.75 bits per heavy atom. The van der Waals surface area contributed by atoms with E-state index < -0.39 is 9.28 Å². The quantitative estimate of drug-likeness (QED) is 0.712. The van der Waals surface area contributed by atoms with E-state index in [2.05, 4.69) is 72.7 Å². The molecule has 2 nitrogen and oxygen atoms in total. The highest BCUT2D eigenvalue weighted by atomic mass is 28.3. The van der Waals surface area contributed by atoms with E-state index >= 15 is 0 Å². The first-order valence-corrected chi connectivity index (χ1v) is 9.14. The smallest absolute Gasteiger partial charge is 0.356 e. The van der Waals surface area contributed by atoms with Gasteiger partial charge in [-0.1, -0.05) is 38.1 Å². The summed E-state index contributed by atoms with van der Waals surface area (Å²) < 4.78 is 12.8. The molecule has 0 amide bonds. The van der Waals surface area contributed by atoms with Crippen LogP contribution in [0.25, 0.3) is 0 Å². The average Bonchev–Trinajstić information content (AvgIpc) is 2.38. The molecule has 0 heterocycles. The van der Waals surface area contributed by atoms with Crippen LogP contribution in [0.15, 0.2) is 24.3 Å². The molecule has 20 heavy (non-hydrogen) atoms. The summed E-state index contributed by atoms with van der Waals surface area (Å²) in [6, 6.07) is 8.44. The van der Waals surface area contributed by atoms with E-state index in [1.165, 1.54) is 10.8 Å². The van der Waals surface area contributed by atoms with Crippen molar-refractivity contribution in [3.8, 4) is 0 Å². The van der Waals surface area contributed by atoms with Gasteiger partial charge < -0.3 is 8.85 Å². The van der Waals surface area contributed by atoms with Crippen molar-refractivity contribution in [1.29, 1.82) is 0 Å². The summed E-state index contributed by atoms with van der Waals surface area (Å²) in [5.41, 5.74) is 0.995. The largest absolute Gasteiger partial charge is 0.388 e. The Labute approximate surface area is 126 Å². The monoisotopic (exact) mass is 294 g/mol. The minimum atomic E-state index is -1.92. The zero-order chi connectivity index (χ0) is 15.4. The minimum absolute atomic E-state index is 0.136. The van der Waals surface area contributed by atoms with Crippen molar-refractivity contribution < 1.29 is 8.85 Å². The summed E-state index contributed by atoms with van der Waals surface area (Å²) in [6.45, 7) is 15.0. The third-order valence-corrected chi connectivity index (χ3v) is 6.86. The van der Waals surface area contributed by atoms with Crippen LogP contribution in [0.3, 0.4) is 0 Å². The maximum Gasteiger partial charge on any atom is 0.356 e. The minimum Gasteiger partial charge on any atom is -0.388 e. The van der Waals surface area contributed by atoms with E-state index in [-0.39, 0.29) is 11.2 Å². The van der Waals surface area contributed by atoms with Crippen molar-refractivity contribution in [2.75, 3.05) is 0 Å². The van der Waals surface area contributed by atoms with Crippen LogP contribution in [0.2, 0.25) is 0 Å². The summed E-state index contributed by atoms with van der Waals surface area (Å²) in [4.78, 5) is 0. The molecule has 0 aliphatic rings. The number of rotatable bonds is 7. The molecule has 114 valence electrons. The Morgan fingerprint density at radius 2 is 1.35 bits per heavy atom. The molecule has 0 spiro atoms. The van der Waals surface area contributed by atoms with Crippen molar-refractivity contribution in [2.24, 2.45) is 0 Å². The third-order valence-electron chi connectivity index (χ3n) is 4.00. The van der Waals surface area contributed by atoms with Gasteiger partial charge in [0.15, 0.2) is 0 Å². The van der Waals surface area contributed by atoms with E-state index in [0.29, 0.717) is 0 Å². The van der Waals surface area contributed by atoms with Gasteiger partial charge in [0.05, 0.1) is 11.2 Å². The molecule has 1 aromatic rings. The zero-order valence-electron chi connectivity index (χ0n) is 14.1. The standard InChI is InChI=1S/C17H30O2Si/c1-8-16(4,5)18-20(19-17(6,7)9-2)15-13-11-10-12-14(15)3/h10-13,20H,8-9H2,1-7H3. The highest BCUT2D eigenvalue weighted by molar-refractivity contribution is 6.62. The Morgan fingerprint density at radius 1 is 0.900 bits per heavy atom. The van der Waals surface area contributed by atoms with Gasteiger partial charge in [-0.15, -0.1) is 0 Å². The molecule has 0 saturated carbocycles. The lowest BCUT2D eigenvalue weighted by Crippen LogP contribution is -2.49. The second-order valence-electron chi connectivity index (χ2n) is 6.65. The maximum absolute atomic E-state index is 6.41. The maximum atomic E-state index is 6.41. The van der Waals surface area contributed by atoms with E-state index in [1.54, 1.807) is 0 Å². The van der Waals surface area contributed by atoms with Crippen LogP contribution in [-0.2, 0) is 8.85 Å². The highest BCUT2D eigenvalue weighted by Crippen LogP contribution is 2.21. The molecular weight excluding hydrogens is 264 g/mol. The van der Waals surface area contributed by atoms with Gasteiger partial charge in [-0.3, -0.25) is 0 Å². The molecule has 0 aromatic heterocycles. The van der Waals surface area contributed by atoms with Crippen molar-refractivity contribution in [2.45, 2.75) is 72.5 Å². The molecule has 0 saturated heterocycles. The molecular formula is C17H30O2Si. The summed E-state index contributed by atoms with van der Waals surface area (Å²) in [5.74, 6) is 0. The van der Waals surface area contributed by atoms with Crippen LogP contribution in [0.4, 0.5) is 0 Å². The van der Waals surface area contributed by atoms with Gasteiger partial charge in [0, 0.05) is 0 Å². The second-order valence-corrected chi connectivity index (χ2v) is 8.41. The highest BCUT2D eigenvalue weighted by Gasteiger charge is 2.31. The number of hydrogen-bond donors (Lipinski definition) is 0. The molecule has 0 bridgehead atoms. The summed E-state index contributed by atoms with van der Waals surface area (Å²) in [6.07, 6.45) is 1.97. The van der Waals surface area contributed by atoms with Crippen LogP contribution in [0, 0.1) is 6.92 Å². The number of hydrogen-bond acceptors (Lipinski definition) is 2. The van der Waals surface area contributed by atoms with Crippen molar-refractivity contribution >= 4 is 14.5 Å². The van der Waals surface area contributed by atoms with Crippen molar-refractivity contribution in [3.63, 3.8) is 0 Å². The van der Waals surface area contributed by atoms with E-state index in [9.17, 15) is 0 Å². The van der Waals surface area contributed by atoms with Crippen LogP contribution in [-0.4, -0.2) is 20.5 Å². The van der Waals surface area contributed by atoms with Gasteiger partial charge in [0.2, 0.25) is 0 Å². The average molecular weight is 295 g/mol. The number of benzene rings is 1. The molecule has 0 radical (unpaired) electrons. The first-order chi connectivity index (χ1) is 9.21. The predicted molar refractivity (Wildman–Crippen MR) is 88.9 cm³/mol. The Bertz CT molecular complexity index is 409. The number of aryl methyl sites for hydroxylation is 1. The molecule has 0 fully saturated rings. The Kier molecular flexibility index (Phi) is 5.99. The second kappa shape index (κ2) is 6.88. The fourth-order valence-electron chi connectivity index (χ4n) is 1.75. The van der Waals surface area contributed by atoms with Crippen molar-refractivity contribution in [3.05, 3.63) is 29.8 Å². The third kappa shape index (κ3) is 5.04. The van der Waals surface area contributed by atoms with Crippen molar-refractivity contribution in [1.82, 2.24) is 0 Å². The lowest BCUT2D eigenvalue weighted by Gasteiger charge is -2.35. The summed E-state index contributed by atoms with van der Waals surface area (Å²) in [5, 5.41) is 1.26. The molecule has 0 aliphatic carbocycles. The normalized spacial score (nSPS) is 13.0. The predicted octanol–water partition coefficient (Wildman–Crippen LogP) is 3.83. The van der Waals surface area contributed by atoms with Gasteiger partial charge in [-0.05, 0) is 58.2 Å². The van der Waals surface area contributed by atoms with Crippen LogP contribution in [0.5, 0.6) is 0 Å². The van der Waals surface area contributed by atoms with Crippen LogP contribution >= 0.6 is 0 Å². The first kappa shape index (κ1) is 17.4. The van der Waals surface area contributed by atoms with Gasteiger partial charge >= 0.3 is 9.28 Å². The first-order valence-electron chi connectivity index (χ1n) is 7.62. The molecule has 1 rings (SSSR count). The molecule has 0 aliphatic heterocycles. The molecule has 0 N–H and O–H groups in total. The Balaban J connectivity index is 3.05. The lowest BCUT2D eigenvalue weighted by atomic mass is 10.1. The fraction of sp³-hybridized carbons (Fsp3) is 0.647. The molecule has 1 aromatic carbocycles. The Hall–Kier alpha value is -0.643. The van der Waals surface area contributed by atoms with E-state index in [1.807, 2.05) is 0 Å². The van der Waals surface area contributed by atoms with Crippen LogP contribution < -0.4 is 5.19 Å². The van der Waals surface area contributed by atoms with Gasteiger partial charge in [-0.25, -0.2) is 0 Å². The molecule has 0 atom stereocenters. The van der Waals surface area contributed by atoms with E-state index in [4.69, 9.17) is 8.85 Å². The van der Waals surface area contributed by atoms with Gasteiger partial charge in [-0.2, -0.15) is 0 Å². The lowest BCUT2D eigenvalue weighted by molar-refractivity contribution is 0.0199. The SMILES string of the molecule is CCC(C)(C)O[SiH](OC(C)(C)CC)c1ccccc1C. The zero-order valence-corrected chi connectivity index (χ0v) is 15.3. The summed E-state index contributed by atoms with van der Waals surface area (Å²) in [7, 11) is -1.92. The fourth-order valence-corrected chi connectivity index (χ4v) is 4.28.